The van der Waals surface area contributed by atoms with Gasteiger partial charge in [-0.15, -0.1) is 0 Å². The van der Waals surface area contributed by atoms with Gasteiger partial charge in [-0.2, -0.15) is 13.2 Å². The Balaban J connectivity index is 2.21. The molecule has 0 saturated carbocycles. The SMILES string of the molecule is O=C(Nc1cc(Cl)ccc1OCC(F)(F)F)c1cncc(Br)c1. The van der Waals surface area contributed by atoms with Gasteiger partial charge in [0.25, 0.3) is 5.91 Å². The second-order valence-corrected chi connectivity index (χ2v) is 5.74. The number of nitrogens with zero attached hydrogens (tertiary/aromatic N) is 1. The quantitative estimate of drug-likeness (QED) is 0.797. The van der Waals surface area contributed by atoms with Crippen LogP contribution in [0.1, 0.15) is 10.4 Å². The Hall–Kier alpha value is -1.80. The molecule has 0 aliphatic carbocycles. The van der Waals surface area contributed by atoms with Crippen molar-refractivity contribution in [3.63, 3.8) is 0 Å². The van der Waals surface area contributed by atoms with Gasteiger partial charge in [0.1, 0.15) is 5.75 Å². The molecule has 9 heteroatoms. The lowest BCUT2D eigenvalue weighted by Gasteiger charge is -2.14. The lowest BCUT2D eigenvalue weighted by Crippen LogP contribution is -2.20. The number of hydrogen-bond donors (Lipinski definition) is 1. The summed E-state index contributed by atoms with van der Waals surface area (Å²) in [7, 11) is 0. The monoisotopic (exact) mass is 408 g/mol. The number of benzene rings is 1. The molecule has 4 nitrogen and oxygen atoms in total. The predicted octanol–water partition coefficient (Wildman–Crippen LogP) is 4.69. The maximum Gasteiger partial charge on any atom is 0.422 e. The zero-order valence-electron chi connectivity index (χ0n) is 11.3. The van der Waals surface area contributed by atoms with E-state index in [0.29, 0.717) is 4.47 Å². The van der Waals surface area contributed by atoms with E-state index < -0.39 is 18.7 Å². The van der Waals surface area contributed by atoms with E-state index in [4.69, 9.17) is 16.3 Å². The number of carbonyl (C=O) groups is 1. The van der Waals surface area contributed by atoms with Gasteiger partial charge in [-0.1, -0.05) is 11.6 Å². The van der Waals surface area contributed by atoms with Crippen molar-refractivity contribution in [2.24, 2.45) is 0 Å². The first kappa shape index (κ1) is 17.6. The van der Waals surface area contributed by atoms with Crippen LogP contribution in [0.25, 0.3) is 0 Å². The third kappa shape index (κ3) is 5.40. The summed E-state index contributed by atoms with van der Waals surface area (Å²) in [6.07, 6.45) is -1.68. The van der Waals surface area contributed by atoms with Crippen molar-refractivity contribution >= 4 is 39.1 Å². The number of carbonyl (C=O) groups excluding carboxylic acids is 1. The average Bonchev–Trinajstić information content (AvgIpc) is 2.45. The van der Waals surface area contributed by atoms with Crippen LogP contribution in [0.4, 0.5) is 18.9 Å². The summed E-state index contributed by atoms with van der Waals surface area (Å²) in [5.74, 6) is -0.694. The first-order valence-electron chi connectivity index (χ1n) is 6.15. The number of pyridine rings is 1. The molecule has 1 heterocycles. The smallest absolute Gasteiger partial charge is 0.422 e. The molecule has 0 aliphatic rings. The number of amides is 1. The molecule has 1 amide bonds. The minimum Gasteiger partial charge on any atom is -0.482 e. The number of alkyl halides is 3. The van der Waals surface area contributed by atoms with Crippen LogP contribution in [-0.4, -0.2) is 23.7 Å². The van der Waals surface area contributed by atoms with Crippen LogP contribution in [0.2, 0.25) is 5.02 Å². The Morgan fingerprint density at radius 3 is 2.70 bits per heavy atom. The molecule has 0 atom stereocenters. The summed E-state index contributed by atoms with van der Waals surface area (Å²) in [5, 5.41) is 2.70. The number of hydrogen-bond acceptors (Lipinski definition) is 3. The van der Waals surface area contributed by atoms with Crippen LogP contribution in [0.15, 0.2) is 41.1 Å². The standard InChI is InChI=1S/C14H9BrClF3N2O2/c15-9-3-8(5-20-6-9)13(22)21-11-4-10(16)1-2-12(11)23-7-14(17,18)19/h1-6H,7H2,(H,21,22). The highest BCUT2D eigenvalue weighted by Gasteiger charge is 2.29. The van der Waals surface area contributed by atoms with Crippen molar-refractivity contribution in [3.05, 3.63) is 51.7 Å². The molecule has 0 radical (unpaired) electrons. The van der Waals surface area contributed by atoms with Crippen LogP contribution < -0.4 is 10.1 Å². The second kappa shape index (κ2) is 7.18. The Kier molecular flexibility index (Phi) is 5.48. The maximum absolute atomic E-state index is 12.3. The van der Waals surface area contributed by atoms with Gasteiger partial charge in [0, 0.05) is 21.9 Å². The first-order chi connectivity index (χ1) is 10.7. The summed E-state index contributed by atoms with van der Waals surface area (Å²) < 4.78 is 42.1. The zero-order valence-corrected chi connectivity index (χ0v) is 13.7. The lowest BCUT2D eigenvalue weighted by molar-refractivity contribution is -0.153. The fraction of sp³-hybridized carbons (Fsp3) is 0.143. The van der Waals surface area contributed by atoms with Crippen LogP contribution in [0.3, 0.4) is 0 Å². The van der Waals surface area contributed by atoms with E-state index in [0.717, 1.165) is 0 Å². The zero-order chi connectivity index (χ0) is 17.0. The highest BCUT2D eigenvalue weighted by atomic mass is 79.9. The molecule has 1 aromatic heterocycles. The van der Waals surface area contributed by atoms with E-state index in [1.165, 1.54) is 36.7 Å². The number of anilines is 1. The Morgan fingerprint density at radius 1 is 1.30 bits per heavy atom. The molecular formula is C14H9BrClF3N2O2. The number of aromatic nitrogens is 1. The van der Waals surface area contributed by atoms with E-state index in [1.54, 1.807) is 0 Å². The van der Waals surface area contributed by atoms with Gasteiger partial charge in [0.2, 0.25) is 0 Å². The third-order valence-electron chi connectivity index (χ3n) is 2.55. The Morgan fingerprint density at radius 2 is 2.04 bits per heavy atom. The molecule has 1 N–H and O–H groups in total. The van der Waals surface area contributed by atoms with E-state index in [2.05, 4.69) is 26.2 Å². The molecule has 0 spiro atoms. The molecule has 1 aromatic carbocycles. The fourth-order valence-corrected chi connectivity index (χ4v) is 2.15. The molecule has 2 aromatic rings. The van der Waals surface area contributed by atoms with Crippen LogP contribution in [0, 0.1) is 0 Å². The number of halogens is 5. The Labute approximate surface area is 142 Å². The van der Waals surface area contributed by atoms with Gasteiger partial charge in [0.15, 0.2) is 6.61 Å². The maximum atomic E-state index is 12.3. The molecule has 23 heavy (non-hydrogen) atoms. The number of rotatable bonds is 4. The largest absolute Gasteiger partial charge is 0.482 e. The predicted molar refractivity (Wildman–Crippen MR) is 82.9 cm³/mol. The molecule has 122 valence electrons. The summed E-state index contributed by atoms with van der Waals surface area (Å²) in [6, 6.07) is 5.44. The summed E-state index contributed by atoms with van der Waals surface area (Å²) in [5.41, 5.74) is 0.257. The fourth-order valence-electron chi connectivity index (χ4n) is 1.62. The summed E-state index contributed by atoms with van der Waals surface area (Å²) >= 11 is 8.99. The van der Waals surface area contributed by atoms with Crippen LogP contribution in [-0.2, 0) is 0 Å². The molecule has 0 unspecified atom stereocenters. The van der Waals surface area contributed by atoms with Gasteiger partial charge in [-0.25, -0.2) is 0 Å². The molecule has 2 rings (SSSR count). The normalized spacial score (nSPS) is 11.2. The minimum absolute atomic E-state index is 0.0340. The van der Waals surface area contributed by atoms with Crippen molar-refractivity contribution in [1.82, 2.24) is 4.98 Å². The first-order valence-corrected chi connectivity index (χ1v) is 7.33. The Bertz CT molecular complexity index is 725. The second-order valence-electron chi connectivity index (χ2n) is 4.39. The summed E-state index contributed by atoms with van der Waals surface area (Å²) in [4.78, 5) is 16.0. The van der Waals surface area contributed by atoms with Crippen molar-refractivity contribution in [1.29, 1.82) is 0 Å². The van der Waals surface area contributed by atoms with Crippen molar-refractivity contribution in [2.45, 2.75) is 6.18 Å². The van der Waals surface area contributed by atoms with E-state index in [-0.39, 0.29) is 22.0 Å². The number of ether oxygens (including phenoxy) is 1. The lowest BCUT2D eigenvalue weighted by atomic mass is 10.2. The molecular weight excluding hydrogens is 401 g/mol. The van der Waals surface area contributed by atoms with Crippen molar-refractivity contribution in [2.75, 3.05) is 11.9 Å². The third-order valence-corrected chi connectivity index (χ3v) is 3.22. The molecule has 0 fully saturated rings. The summed E-state index contributed by atoms with van der Waals surface area (Å²) in [6.45, 7) is -1.48. The number of nitrogens with one attached hydrogen (secondary N) is 1. The average molecular weight is 410 g/mol. The van der Waals surface area contributed by atoms with Gasteiger partial charge in [-0.3, -0.25) is 9.78 Å². The van der Waals surface area contributed by atoms with E-state index in [9.17, 15) is 18.0 Å². The van der Waals surface area contributed by atoms with Crippen LogP contribution in [0.5, 0.6) is 5.75 Å². The van der Waals surface area contributed by atoms with Gasteiger partial charge in [-0.05, 0) is 40.2 Å². The van der Waals surface area contributed by atoms with E-state index >= 15 is 0 Å². The molecule has 0 bridgehead atoms. The highest BCUT2D eigenvalue weighted by molar-refractivity contribution is 9.10. The van der Waals surface area contributed by atoms with Gasteiger partial charge < -0.3 is 10.1 Å². The van der Waals surface area contributed by atoms with Gasteiger partial charge >= 0.3 is 6.18 Å². The molecule has 0 saturated heterocycles. The van der Waals surface area contributed by atoms with Crippen molar-refractivity contribution < 1.29 is 22.7 Å². The topological polar surface area (TPSA) is 51.2 Å². The van der Waals surface area contributed by atoms with Crippen molar-refractivity contribution in [3.8, 4) is 5.75 Å². The van der Waals surface area contributed by atoms with Gasteiger partial charge in [0.05, 0.1) is 11.3 Å². The molecule has 0 aliphatic heterocycles. The van der Waals surface area contributed by atoms with Crippen LogP contribution >= 0.6 is 27.5 Å². The van der Waals surface area contributed by atoms with E-state index in [1.807, 2.05) is 0 Å². The highest BCUT2D eigenvalue weighted by Crippen LogP contribution is 2.30. The minimum atomic E-state index is -4.49.